The molecule has 0 spiro atoms. The fraction of sp³-hybridized carbons (Fsp3) is 0.211. The Labute approximate surface area is 130 Å². The summed E-state index contributed by atoms with van der Waals surface area (Å²) >= 11 is 0. The van der Waals surface area contributed by atoms with Gasteiger partial charge in [0.2, 0.25) is 5.76 Å². The lowest BCUT2D eigenvalue weighted by atomic mass is 9.88. The Bertz CT molecular complexity index is 662. The van der Waals surface area contributed by atoms with Crippen molar-refractivity contribution in [2.75, 3.05) is 7.11 Å². The van der Waals surface area contributed by atoms with Crippen molar-refractivity contribution in [2.45, 2.75) is 18.4 Å². The van der Waals surface area contributed by atoms with E-state index < -0.39 is 5.97 Å². The van der Waals surface area contributed by atoms with Crippen molar-refractivity contribution >= 4 is 5.97 Å². The maximum absolute atomic E-state index is 11.9. The van der Waals surface area contributed by atoms with Crippen LogP contribution in [0.5, 0.6) is 0 Å². The van der Waals surface area contributed by atoms with E-state index in [2.05, 4.69) is 12.1 Å². The first-order chi connectivity index (χ1) is 10.8. The first kappa shape index (κ1) is 14.4. The predicted molar refractivity (Wildman–Crippen MR) is 84.2 cm³/mol. The fourth-order valence-corrected chi connectivity index (χ4v) is 2.74. The van der Waals surface area contributed by atoms with Crippen molar-refractivity contribution in [2.24, 2.45) is 0 Å². The normalized spacial score (nSPS) is 20.7. The van der Waals surface area contributed by atoms with Gasteiger partial charge in [-0.3, -0.25) is 0 Å². The molecule has 1 aliphatic heterocycles. The Morgan fingerprint density at radius 3 is 2.18 bits per heavy atom. The lowest BCUT2D eigenvalue weighted by Gasteiger charge is -2.29. The number of methoxy groups -OCH3 is 1. The van der Waals surface area contributed by atoms with Gasteiger partial charge in [0.15, 0.2) is 0 Å². The average Bonchev–Trinajstić information content (AvgIpc) is 2.62. The monoisotopic (exact) mass is 294 g/mol. The maximum atomic E-state index is 11.9. The van der Waals surface area contributed by atoms with Gasteiger partial charge in [0.05, 0.1) is 7.11 Å². The van der Waals surface area contributed by atoms with E-state index in [1.807, 2.05) is 54.6 Å². The van der Waals surface area contributed by atoms with E-state index in [9.17, 15) is 4.79 Å². The molecule has 0 saturated carbocycles. The molecule has 0 N–H and O–H groups in total. The molecular formula is C19H18O3. The summed E-state index contributed by atoms with van der Waals surface area (Å²) in [4.78, 5) is 11.9. The summed E-state index contributed by atoms with van der Waals surface area (Å²) in [5.74, 6) is -0.00715. The van der Waals surface area contributed by atoms with Crippen LogP contribution in [0.4, 0.5) is 0 Å². The number of hydrogen-bond donors (Lipinski definition) is 0. The first-order valence-electron chi connectivity index (χ1n) is 7.34. The molecule has 0 saturated heterocycles. The second kappa shape index (κ2) is 6.48. The molecule has 22 heavy (non-hydrogen) atoms. The highest BCUT2D eigenvalue weighted by Gasteiger charge is 2.29. The Morgan fingerprint density at radius 1 is 1.00 bits per heavy atom. The summed E-state index contributed by atoms with van der Waals surface area (Å²) < 4.78 is 10.7. The molecule has 112 valence electrons. The summed E-state index contributed by atoms with van der Waals surface area (Å²) in [6, 6.07) is 20.1. The van der Waals surface area contributed by atoms with E-state index in [1.165, 1.54) is 12.7 Å². The number of esters is 1. The molecule has 1 heterocycles. The van der Waals surface area contributed by atoms with Crippen molar-refractivity contribution in [1.82, 2.24) is 0 Å². The van der Waals surface area contributed by atoms with Crippen molar-refractivity contribution < 1.29 is 14.3 Å². The summed E-state index contributed by atoms with van der Waals surface area (Å²) in [7, 11) is 1.37. The van der Waals surface area contributed by atoms with Crippen LogP contribution in [0, 0.1) is 0 Å². The van der Waals surface area contributed by atoms with Crippen LogP contribution in [0.3, 0.4) is 0 Å². The fourth-order valence-electron chi connectivity index (χ4n) is 2.74. The quantitative estimate of drug-likeness (QED) is 0.803. The van der Waals surface area contributed by atoms with E-state index in [-0.39, 0.29) is 17.8 Å². The standard InChI is InChI=1S/C19H18O3/c1-21-19(20)18-13-16(14-8-4-2-5-9-14)12-17(22-18)15-10-6-3-7-11-15/h2-11,13,16-17H,12H2,1H3/t16-,17-/m1/s1. The van der Waals surface area contributed by atoms with Crippen molar-refractivity contribution in [3.05, 3.63) is 83.6 Å². The number of hydrogen-bond acceptors (Lipinski definition) is 3. The average molecular weight is 294 g/mol. The molecule has 2 aromatic rings. The Morgan fingerprint density at radius 2 is 1.59 bits per heavy atom. The number of ether oxygens (including phenoxy) is 2. The maximum Gasteiger partial charge on any atom is 0.373 e. The Hall–Kier alpha value is -2.55. The number of benzene rings is 2. The summed E-state index contributed by atoms with van der Waals surface area (Å²) in [5.41, 5.74) is 2.24. The Balaban J connectivity index is 1.94. The van der Waals surface area contributed by atoms with Crippen LogP contribution in [-0.4, -0.2) is 13.1 Å². The minimum Gasteiger partial charge on any atom is -0.479 e. The van der Waals surface area contributed by atoms with Crippen LogP contribution in [0.2, 0.25) is 0 Å². The second-order valence-corrected chi connectivity index (χ2v) is 5.29. The minimum absolute atomic E-state index is 0.134. The third kappa shape index (κ3) is 3.03. The van der Waals surface area contributed by atoms with Crippen molar-refractivity contribution in [3.63, 3.8) is 0 Å². The molecule has 2 aromatic carbocycles. The summed E-state index contributed by atoms with van der Waals surface area (Å²) in [6.07, 6.45) is 2.51. The molecule has 0 fully saturated rings. The van der Waals surface area contributed by atoms with Crippen molar-refractivity contribution in [3.8, 4) is 0 Å². The van der Waals surface area contributed by atoms with Gasteiger partial charge >= 0.3 is 5.97 Å². The topological polar surface area (TPSA) is 35.5 Å². The van der Waals surface area contributed by atoms with Gasteiger partial charge in [-0.1, -0.05) is 60.7 Å². The highest BCUT2D eigenvalue weighted by atomic mass is 16.6. The molecule has 0 aromatic heterocycles. The van der Waals surface area contributed by atoms with E-state index in [1.54, 1.807) is 0 Å². The SMILES string of the molecule is COC(=O)C1=C[C@H](c2ccccc2)C[C@H](c2ccccc2)O1. The molecule has 0 amide bonds. The molecular weight excluding hydrogens is 276 g/mol. The third-order valence-corrected chi connectivity index (χ3v) is 3.88. The Kier molecular flexibility index (Phi) is 4.24. The lowest BCUT2D eigenvalue weighted by molar-refractivity contribution is -0.142. The molecule has 3 nitrogen and oxygen atoms in total. The van der Waals surface area contributed by atoms with Gasteiger partial charge in [0.1, 0.15) is 6.10 Å². The van der Waals surface area contributed by atoms with E-state index in [0.29, 0.717) is 0 Å². The van der Waals surface area contributed by atoms with Crippen LogP contribution in [0.1, 0.15) is 29.6 Å². The van der Waals surface area contributed by atoms with Gasteiger partial charge in [-0.2, -0.15) is 0 Å². The van der Waals surface area contributed by atoms with Crippen LogP contribution in [0.15, 0.2) is 72.5 Å². The van der Waals surface area contributed by atoms with Gasteiger partial charge in [0.25, 0.3) is 0 Å². The van der Waals surface area contributed by atoms with Gasteiger partial charge in [-0.25, -0.2) is 4.79 Å². The zero-order chi connectivity index (χ0) is 15.4. The van der Waals surface area contributed by atoms with E-state index >= 15 is 0 Å². The van der Waals surface area contributed by atoms with Gasteiger partial charge in [-0.05, 0) is 23.6 Å². The number of allylic oxidation sites excluding steroid dienone is 1. The van der Waals surface area contributed by atoms with Crippen LogP contribution in [0.25, 0.3) is 0 Å². The van der Waals surface area contributed by atoms with E-state index in [0.717, 1.165) is 12.0 Å². The first-order valence-corrected chi connectivity index (χ1v) is 7.34. The molecule has 1 aliphatic rings. The van der Waals surface area contributed by atoms with Gasteiger partial charge in [0, 0.05) is 5.92 Å². The van der Waals surface area contributed by atoms with Gasteiger partial charge in [-0.15, -0.1) is 0 Å². The lowest BCUT2D eigenvalue weighted by Crippen LogP contribution is -2.20. The molecule has 3 rings (SSSR count). The smallest absolute Gasteiger partial charge is 0.373 e. The molecule has 0 unspecified atom stereocenters. The predicted octanol–water partition coefficient (Wildman–Crippen LogP) is 3.99. The molecule has 0 bridgehead atoms. The number of carbonyl (C=O) groups excluding carboxylic acids is 1. The second-order valence-electron chi connectivity index (χ2n) is 5.29. The van der Waals surface area contributed by atoms with E-state index in [4.69, 9.17) is 9.47 Å². The van der Waals surface area contributed by atoms with Gasteiger partial charge < -0.3 is 9.47 Å². The summed E-state index contributed by atoms with van der Waals surface area (Å²) in [6.45, 7) is 0. The number of rotatable bonds is 3. The van der Waals surface area contributed by atoms with Crippen LogP contribution in [-0.2, 0) is 14.3 Å². The minimum atomic E-state index is -0.429. The number of carbonyl (C=O) groups is 1. The highest BCUT2D eigenvalue weighted by Crippen LogP contribution is 2.38. The highest BCUT2D eigenvalue weighted by molar-refractivity contribution is 5.86. The molecule has 0 radical (unpaired) electrons. The molecule has 2 atom stereocenters. The summed E-state index contributed by atoms with van der Waals surface area (Å²) in [5, 5.41) is 0. The third-order valence-electron chi connectivity index (χ3n) is 3.88. The zero-order valence-corrected chi connectivity index (χ0v) is 12.4. The van der Waals surface area contributed by atoms with Crippen LogP contribution >= 0.6 is 0 Å². The largest absolute Gasteiger partial charge is 0.479 e. The van der Waals surface area contributed by atoms with Crippen molar-refractivity contribution in [1.29, 1.82) is 0 Å². The zero-order valence-electron chi connectivity index (χ0n) is 12.4. The molecule has 0 aliphatic carbocycles. The van der Waals surface area contributed by atoms with Crippen LogP contribution < -0.4 is 0 Å². The molecule has 3 heteroatoms.